The van der Waals surface area contributed by atoms with Gasteiger partial charge >= 0.3 is 0 Å². The summed E-state index contributed by atoms with van der Waals surface area (Å²) in [4.78, 5) is 16.4. The lowest BCUT2D eigenvalue weighted by Gasteiger charge is -2.08. The van der Waals surface area contributed by atoms with Gasteiger partial charge < -0.3 is 9.84 Å². The van der Waals surface area contributed by atoms with Crippen molar-refractivity contribution in [2.24, 2.45) is 0 Å². The van der Waals surface area contributed by atoms with Crippen molar-refractivity contribution in [3.63, 3.8) is 0 Å². The van der Waals surface area contributed by atoms with Gasteiger partial charge in [0.05, 0.1) is 4.90 Å². The van der Waals surface area contributed by atoms with E-state index in [9.17, 15) is 13.2 Å². The number of nitrogens with zero attached hydrogens (tertiary/aromatic N) is 2. The maximum absolute atomic E-state index is 12.4. The fraction of sp³-hybridized carbons (Fsp3) is 0.250. The quantitative estimate of drug-likeness (QED) is 0.579. The first-order valence-electron chi connectivity index (χ1n) is 9.05. The van der Waals surface area contributed by atoms with Gasteiger partial charge in [-0.25, -0.2) is 8.42 Å². The average Bonchev–Trinajstić information content (AvgIpc) is 3.14. The van der Waals surface area contributed by atoms with Crippen LogP contribution in [-0.2, 0) is 33.2 Å². The van der Waals surface area contributed by atoms with Gasteiger partial charge in [-0.2, -0.15) is 4.98 Å². The van der Waals surface area contributed by atoms with Gasteiger partial charge in [-0.05, 0) is 42.3 Å². The van der Waals surface area contributed by atoms with E-state index in [1.807, 2.05) is 31.2 Å². The number of nitrogens with one attached hydrogen (secondary N) is 1. The van der Waals surface area contributed by atoms with Gasteiger partial charge in [0.2, 0.25) is 11.8 Å². The molecule has 0 spiro atoms. The fourth-order valence-electron chi connectivity index (χ4n) is 2.73. The third kappa shape index (κ3) is 5.65. The molecule has 1 aromatic heterocycles. The van der Waals surface area contributed by atoms with E-state index in [2.05, 4.69) is 15.5 Å². The monoisotopic (exact) mass is 433 g/mol. The summed E-state index contributed by atoms with van der Waals surface area (Å²) in [6.07, 6.45) is 1.17. The standard InChI is InChI=1S/C20H20ClN3O4S/c1-2-14-5-3-4-6-17(14)22-19(25)11-12-20-23-18(24-28-20)13-29(26,27)16-9-7-15(21)8-10-16/h3-10H,2,11-13H2,1H3,(H,22,25). The molecular weight excluding hydrogens is 414 g/mol. The number of aromatic nitrogens is 2. The van der Waals surface area contributed by atoms with Gasteiger partial charge in [-0.1, -0.05) is 41.9 Å². The summed E-state index contributed by atoms with van der Waals surface area (Å²) in [5.41, 5.74) is 1.83. The minimum absolute atomic E-state index is 0.0479. The van der Waals surface area contributed by atoms with E-state index < -0.39 is 15.6 Å². The lowest BCUT2D eigenvalue weighted by Crippen LogP contribution is -2.13. The molecule has 2 aromatic carbocycles. The van der Waals surface area contributed by atoms with Crippen LogP contribution < -0.4 is 5.32 Å². The Hall–Kier alpha value is -2.71. The Labute approximate surface area is 174 Å². The van der Waals surface area contributed by atoms with Gasteiger partial charge in [-0.3, -0.25) is 4.79 Å². The predicted octanol–water partition coefficient (Wildman–Crippen LogP) is 3.83. The molecule has 0 aliphatic rings. The highest BCUT2D eigenvalue weighted by atomic mass is 35.5. The third-order valence-corrected chi connectivity index (χ3v) is 6.12. The lowest BCUT2D eigenvalue weighted by atomic mass is 10.1. The Balaban J connectivity index is 1.57. The number of rotatable bonds is 8. The van der Waals surface area contributed by atoms with Crippen LogP contribution in [0.2, 0.25) is 5.02 Å². The van der Waals surface area contributed by atoms with E-state index in [1.165, 1.54) is 24.3 Å². The summed E-state index contributed by atoms with van der Waals surface area (Å²) in [6, 6.07) is 13.5. The number of aryl methyl sites for hydroxylation is 2. The zero-order chi connectivity index (χ0) is 20.9. The SMILES string of the molecule is CCc1ccccc1NC(=O)CCc1nc(CS(=O)(=O)c2ccc(Cl)cc2)no1. The first kappa shape index (κ1) is 21.0. The lowest BCUT2D eigenvalue weighted by molar-refractivity contribution is -0.116. The van der Waals surface area contributed by atoms with E-state index in [-0.39, 0.29) is 35.4 Å². The summed E-state index contributed by atoms with van der Waals surface area (Å²) in [6.45, 7) is 2.02. The highest BCUT2D eigenvalue weighted by Crippen LogP contribution is 2.19. The van der Waals surface area contributed by atoms with Crippen LogP contribution in [-0.4, -0.2) is 24.5 Å². The van der Waals surface area contributed by atoms with Crippen LogP contribution in [0.1, 0.15) is 30.6 Å². The zero-order valence-electron chi connectivity index (χ0n) is 15.8. The molecule has 3 rings (SSSR count). The second kappa shape index (κ2) is 9.19. The molecule has 9 heteroatoms. The molecule has 0 saturated heterocycles. The summed E-state index contributed by atoms with van der Waals surface area (Å²) in [7, 11) is -3.62. The predicted molar refractivity (Wildman–Crippen MR) is 109 cm³/mol. The van der Waals surface area contributed by atoms with Crippen molar-refractivity contribution in [2.75, 3.05) is 5.32 Å². The molecule has 29 heavy (non-hydrogen) atoms. The molecule has 0 bridgehead atoms. The molecule has 0 fully saturated rings. The second-order valence-corrected chi connectivity index (χ2v) is 8.80. The Bertz CT molecular complexity index is 1090. The molecule has 0 aliphatic carbocycles. The van der Waals surface area contributed by atoms with Gasteiger partial charge in [0.15, 0.2) is 15.7 Å². The van der Waals surface area contributed by atoms with Crippen LogP contribution in [0.3, 0.4) is 0 Å². The Morgan fingerprint density at radius 2 is 1.86 bits per heavy atom. The number of anilines is 1. The highest BCUT2D eigenvalue weighted by molar-refractivity contribution is 7.90. The Morgan fingerprint density at radius 3 is 2.59 bits per heavy atom. The molecule has 7 nitrogen and oxygen atoms in total. The van der Waals surface area contributed by atoms with E-state index in [1.54, 1.807) is 0 Å². The van der Waals surface area contributed by atoms with E-state index >= 15 is 0 Å². The van der Waals surface area contributed by atoms with Crippen LogP contribution in [0.25, 0.3) is 0 Å². The summed E-state index contributed by atoms with van der Waals surface area (Å²) >= 11 is 5.79. The molecule has 0 unspecified atom stereocenters. The Kier molecular flexibility index (Phi) is 6.66. The molecule has 152 valence electrons. The summed E-state index contributed by atoms with van der Waals surface area (Å²) in [5, 5.41) is 7.03. The van der Waals surface area contributed by atoms with E-state index in [0.717, 1.165) is 17.7 Å². The van der Waals surface area contributed by atoms with E-state index in [4.69, 9.17) is 16.1 Å². The molecule has 0 aliphatic heterocycles. The topological polar surface area (TPSA) is 102 Å². The number of carbonyl (C=O) groups excluding carboxylic acids is 1. The minimum atomic E-state index is -3.62. The molecule has 1 amide bonds. The number of hydrogen-bond acceptors (Lipinski definition) is 6. The average molecular weight is 434 g/mol. The van der Waals surface area contributed by atoms with Crippen molar-refractivity contribution >= 4 is 33.0 Å². The van der Waals surface area contributed by atoms with Crippen molar-refractivity contribution in [1.82, 2.24) is 10.1 Å². The van der Waals surface area contributed by atoms with Crippen molar-refractivity contribution in [3.8, 4) is 0 Å². The van der Waals surface area contributed by atoms with Crippen molar-refractivity contribution in [3.05, 3.63) is 70.8 Å². The molecule has 1 N–H and O–H groups in total. The van der Waals surface area contributed by atoms with Crippen LogP contribution in [0, 0.1) is 0 Å². The van der Waals surface area contributed by atoms with Crippen LogP contribution in [0.5, 0.6) is 0 Å². The first-order chi connectivity index (χ1) is 13.9. The molecular formula is C20H20ClN3O4S. The number of benzene rings is 2. The molecule has 0 saturated carbocycles. The number of halogens is 1. The highest BCUT2D eigenvalue weighted by Gasteiger charge is 2.19. The minimum Gasteiger partial charge on any atom is -0.339 e. The summed E-state index contributed by atoms with van der Waals surface area (Å²) in [5.74, 6) is -0.315. The number of hydrogen-bond donors (Lipinski definition) is 1. The van der Waals surface area contributed by atoms with Gasteiger partial charge in [-0.15, -0.1) is 0 Å². The van der Waals surface area contributed by atoms with Crippen molar-refractivity contribution in [2.45, 2.75) is 36.8 Å². The van der Waals surface area contributed by atoms with Crippen LogP contribution >= 0.6 is 11.6 Å². The van der Waals surface area contributed by atoms with Crippen molar-refractivity contribution < 1.29 is 17.7 Å². The van der Waals surface area contributed by atoms with E-state index in [0.29, 0.717) is 5.02 Å². The second-order valence-electron chi connectivity index (χ2n) is 6.38. The number of para-hydroxylation sites is 1. The largest absolute Gasteiger partial charge is 0.339 e. The van der Waals surface area contributed by atoms with Gasteiger partial charge in [0, 0.05) is 23.6 Å². The Morgan fingerprint density at radius 1 is 1.14 bits per heavy atom. The molecule has 0 radical (unpaired) electrons. The number of sulfone groups is 1. The summed E-state index contributed by atoms with van der Waals surface area (Å²) < 4.78 is 29.9. The third-order valence-electron chi connectivity index (χ3n) is 4.24. The number of amides is 1. The molecule has 1 heterocycles. The smallest absolute Gasteiger partial charge is 0.227 e. The first-order valence-corrected chi connectivity index (χ1v) is 11.1. The van der Waals surface area contributed by atoms with Crippen LogP contribution in [0.4, 0.5) is 5.69 Å². The maximum Gasteiger partial charge on any atom is 0.227 e. The normalized spacial score (nSPS) is 11.4. The molecule has 3 aromatic rings. The van der Waals surface area contributed by atoms with Crippen molar-refractivity contribution in [1.29, 1.82) is 0 Å². The van der Waals surface area contributed by atoms with Gasteiger partial charge in [0.25, 0.3) is 0 Å². The van der Waals surface area contributed by atoms with Crippen LogP contribution in [0.15, 0.2) is 57.9 Å². The maximum atomic E-state index is 12.4. The zero-order valence-corrected chi connectivity index (χ0v) is 17.3. The fourth-order valence-corrected chi connectivity index (χ4v) is 4.03. The van der Waals surface area contributed by atoms with Gasteiger partial charge in [0.1, 0.15) is 5.75 Å². The molecule has 0 atom stereocenters. The number of carbonyl (C=O) groups is 1.